The van der Waals surface area contributed by atoms with Crippen LogP contribution in [-0.2, 0) is 6.42 Å². The summed E-state index contributed by atoms with van der Waals surface area (Å²) in [5.41, 5.74) is 3.47. The molecular formula is C17H24ClN3. The summed E-state index contributed by atoms with van der Waals surface area (Å²) in [5.74, 6) is 0. The van der Waals surface area contributed by atoms with Crippen LogP contribution in [0.4, 0.5) is 0 Å². The molecule has 2 aromatic rings. The van der Waals surface area contributed by atoms with Crippen LogP contribution in [0.25, 0.3) is 0 Å². The van der Waals surface area contributed by atoms with Gasteiger partial charge in [0.2, 0.25) is 0 Å². The minimum atomic E-state index is 0.251. The maximum atomic E-state index is 6.11. The summed E-state index contributed by atoms with van der Waals surface area (Å²) in [5, 5.41) is 8.87. The Labute approximate surface area is 132 Å². The Morgan fingerprint density at radius 1 is 1.33 bits per heavy atom. The molecular weight excluding hydrogens is 282 g/mol. The summed E-state index contributed by atoms with van der Waals surface area (Å²) < 4.78 is 2.05. The number of rotatable bonds is 6. The van der Waals surface area contributed by atoms with Crippen molar-refractivity contribution in [1.29, 1.82) is 0 Å². The summed E-state index contributed by atoms with van der Waals surface area (Å²) in [6.07, 6.45) is 4.04. The second-order valence-electron chi connectivity index (χ2n) is 5.60. The van der Waals surface area contributed by atoms with Crippen LogP contribution in [0.15, 0.2) is 30.5 Å². The SMILES string of the molecule is CCC(C)n1ccc(CC(NC)c2ccc(Cl)c(C)c2)n1. The minimum Gasteiger partial charge on any atom is -0.313 e. The van der Waals surface area contributed by atoms with Crippen LogP contribution < -0.4 is 5.32 Å². The largest absolute Gasteiger partial charge is 0.313 e. The van der Waals surface area contributed by atoms with Gasteiger partial charge in [0.15, 0.2) is 0 Å². The van der Waals surface area contributed by atoms with Gasteiger partial charge in [-0.3, -0.25) is 4.68 Å². The third kappa shape index (κ3) is 3.86. The van der Waals surface area contributed by atoms with E-state index < -0.39 is 0 Å². The summed E-state index contributed by atoms with van der Waals surface area (Å²) in [6, 6.07) is 9.01. The summed E-state index contributed by atoms with van der Waals surface area (Å²) >= 11 is 6.11. The highest BCUT2D eigenvalue weighted by molar-refractivity contribution is 6.31. The van der Waals surface area contributed by atoms with Crippen LogP contribution in [-0.4, -0.2) is 16.8 Å². The molecule has 0 spiro atoms. The van der Waals surface area contributed by atoms with Crippen molar-refractivity contribution in [3.63, 3.8) is 0 Å². The first-order valence-corrected chi connectivity index (χ1v) is 7.90. The van der Waals surface area contributed by atoms with Gasteiger partial charge >= 0.3 is 0 Å². The molecule has 3 nitrogen and oxygen atoms in total. The number of nitrogens with zero attached hydrogens (tertiary/aromatic N) is 2. The molecule has 114 valence electrons. The fourth-order valence-corrected chi connectivity index (χ4v) is 2.52. The van der Waals surface area contributed by atoms with Crippen LogP contribution in [0.3, 0.4) is 0 Å². The maximum Gasteiger partial charge on any atom is 0.0643 e. The zero-order valence-corrected chi connectivity index (χ0v) is 14.0. The molecule has 0 fully saturated rings. The highest BCUT2D eigenvalue weighted by Crippen LogP contribution is 2.23. The van der Waals surface area contributed by atoms with E-state index in [0.717, 1.165) is 29.1 Å². The van der Waals surface area contributed by atoms with E-state index in [1.54, 1.807) is 0 Å². The van der Waals surface area contributed by atoms with Crippen LogP contribution in [0.2, 0.25) is 5.02 Å². The van der Waals surface area contributed by atoms with Gasteiger partial charge in [0.05, 0.1) is 5.69 Å². The summed E-state index contributed by atoms with van der Waals surface area (Å²) in [7, 11) is 1.99. The molecule has 21 heavy (non-hydrogen) atoms. The lowest BCUT2D eigenvalue weighted by Gasteiger charge is -2.16. The molecule has 1 aromatic heterocycles. The van der Waals surface area contributed by atoms with E-state index in [1.165, 1.54) is 5.56 Å². The number of halogens is 1. The van der Waals surface area contributed by atoms with Crippen molar-refractivity contribution in [3.05, 3.63) is 52.3 Å². The highest BCUT2D eigenvalue weighted by atomic mass is 35.5. The van der Waals surface area contributed by atoms with Gasteiger partial charge in [0, 0.05) is 29.7 Å². The van der Waals surface area contributed by atoms with Crippen molar-refractivity contribution in [2.24, 2.45) is 0 Å². The third-order valence-electron chi connectivity index (χ3n) is 4.05. The molecule has 0 bridgehead atoms. The average molecular weight is 306 g/mol. The number of hydrogen-bond donors (Lipinski definition) is 1. The van der Waals surface area contributed by atoms with Crippen molar-refractivity contribution < 1.29 is 0 Å². The molecule has 0 saturated heterocycles. The fraction of sp³-hybridized carbons (Fsp3) is 0.471. The van der Waals surface area contributed by atoms with Gasteiger partial charge in [-0.1, -0.05) is 30.7 Å². The molecule has 0 amide bonds. The Balaban J connectivity index is 2.15. The van der Waals surface area contributed by atoms with Gasteiger partial charge in [-0.25, -0.2) is 0 Å². The normalized spacial score (nSPS) is 14.1. The van der Waals surface area contributed by atoms with Crippen molar-refractivity contribution in [2.75, 3.05) is 7.05 Å². The van der Waals surface area contributed by atoms with Crippen LogP contribution in [0.1, 0.15) is 49.2 Å². The first-order chi connectivity index (χ1) is 10.0. The lowest BCUT2D eigenvalue weighted by atomic mass is 10.0. The maximum absolute atomic E-state index is 6.11. The molecule has 1 heterocycles. The third-order valence-corrected chi connectivity index (χ3v) is 4.48. The van der Waals surface area contributed by atoms with Crippen molar-refractivity contribution in [1.82, 2.24) is 15.1 Å². The van der Waals surface area contributed by atoms with Gasteiger partial charge in [0.25, 0.3) is 0 Å². The predicted molar refractivity (Wildman–Crippen MR) is 88.9 cm³/mol. The molecule has 2 unspecified atom stereocenters. The molecule has 0 aliphatic carbocycles. The summed E-state index contributed by atoms with van der Waals surface area (Å²) in [6.45, 7) is 6.41. The Bertz CT molecular complexity index is 591. The molecule has 1 N–H and O–H groups in total. The number of nitrogens with one attached hydrogen (secondary N) is 1. The van der Waals surface area contributed by atoms with E-state index in [9.17, 15) is 0 Å². The lowest BCUT2D eigenvalue weighted by molar-refractivity contribution is 0.469. The molecule has 0 aliphatic heterocycles. The standard InChI is InChI=1S/C17H24ClN3/c1-5-13(3)21-9-8-15(20-21)11-17(19-4)14-6-7-16(18)12(2)10-14/h6-10,13,17,19H,5,11H2,1-4H3. The second kappa shape index (κ2) is 7.10. The molecule has 0 aliphatic rings. The van der Waals surface area contributed by atoms with Gasteiger partial charge in [-0.2, -0.15) is 5.10 Å². The number of aromatic nitrogens is 2. The molecule has 2 atom stereocenters. The number of benzene rings is 1. The van der Waals surface area contributed by atoms with Crippen molar-refractivity contribution >= 4 is 11.6 Å². The van der Waals surface area contributed by atoms with Crippen LogP contribution >= 0.6 is 11.6 Å². The van der Waals surface area contributed by atoms with E-state index in [1.807, 2.05) is 20.0 Å². The van der Waals surface area contributed by atoms with Gasteiger partial charge < -0.3 is 5.32 Å². The predicted octanol–water partition coefficient (Wildman–Crippen LogP) is 4.32. The second-order valence-corrected chi connectivity index (χ2v) is 6.01. The molecule has 2 rings (SSSR count). The van der Waals surface area contributed by atoms with E-state index in [4.69, 9.17) is 11.6 Å². The zero-order chi connectivity index (χ0) is 15.4. The smallest absolute Gasteiger partial charge is 0.0643 e. The van der Waals surface area contributed by atoms with Crippen molar-refractivity contribution in [2.45, 2.75) is 45.7 Å². The molecule has 1 aromatic carbocycles. The van der Waals surface area contributed by atoms with Crippen LogP contribution in [0.5, 0.6) is 0 Å². The van der Waals surface area contributed by atoms with Gasteiger partial charge in [0.1, 0.15) is 0 Å². The number of hydrogen-bond acceptors (Lipinski definition) is 2. The Morgan fingerprint density at radius 2 is 2.10 bits per heavy atom. The monoisotopic (exact) mass is 305 g/mol. The Hall–Kier alpha value is -1.32. The number of aryl methyl sites for hydroxylation is 1. The topological polar surface area (TPSA) is 29.9 Å². The van der Waals surface area contributed by atoms with Crippen LogP contribution in [0, 0.1) is 6.92 Å². The van der Waals surface area contributed by atoms with E-state index in [2.05, 4.69) is 53.3 Å². The average Bonchev–Trinajstić information content (AvgIpc) is 2.95. The van der Waals surface area contributed by atoms with E-state index in [-0.39, 0.29) is 6.04 Å². The lowest BCUT2D eigenvalue weighted by Crippen LogP contribution is -2.19. The minimum absolute atomic E-state index is 0.251. The highest BCUT2D eigenvalue weighted by Gasteiger charge is 2.13. The fourth-order valence-electron chi connectivity index (χ4n) is 2.40. The quantitative estimate of drug-likeness (QED) is 0.861. The Morgan fingerprint density at radius 3 is 2.71 bits per heavy atom. The first-order valence-electron chi connectivity index (χ1n) is 7.52. The van der Waals surface area contributed by atoms with E-state index in [0.29, 0.717) is 6.04 Å². The van der Waals surface area contributed by atoms with E-state index >= 15 is 0 Å². The molecule has 4 heteroatoms. The van der Waals surface area contributed by atoms with Crippen molar-refractivity contribution in [3.8, 4) is 0 Å². The Kier molecular flexibility index (Phi) is 5.43. The number of likely N-dealkylation sites (N-methyl/N-ethyl adjacent to an activating group) is 1. The molecule has 0 radical (unpaired) electrons. The van der Waals surface area contributed by atoms with Gasteiger partial charge in [-0.05, 0) is 50.6 Å². The van der Waals surface area contributed by atoms with Gasteiger partial charge in [-0.15, -0.1) is 0 Å². The first kappa shape index (κ1) is 16.1. The summed E-state index contributed by atoms with van der Waals surface area (Å²) in [4.78, 5) is 0. The zero-order valence-electron chi connectivity index (χ0n) is 13.2. The molecule has 0 saturated carbocycles.